The van der Waals surface area contributed by atoms with E-state index in [0.29, 0.717) is 0 Å². The Labute approximate surface area is 113 Å². The summed E-state index contributed by atoms with van der Waals surface area (Å²) in [4.78, 5) is 2.47. The van der Waals surface area contributed by atoms with Gasteiger partial charge in [0, 0.05) is 29.8 Å². The maximum absolute atomic E-state index is 3.68. The first kappa shape index (κ1) is 12.9. The van der Waals surface area contributed by atoms with Crippen molar-refractivity contribution in [3.63, 3.8) is 0 Å². The fourth-order valence-corrected chi connectivity index (χ4v) is 2.76. The van der Waals surface area contributed by atoms with Gasteiger partial charge in [-0.2, -0.15) is 0 Å². The summed E-state index contributed by atoms with van der Waals surface area (Å²) in [5, 5.41) is 3.44. The number of hydrogen-bond donors (Lipinski definition) is 1. The van der Waals surface area contributed by atoms with Crippen LogP contribution in [0.4, 0.5) is 5.69 Å². The highest BCUT2D eigenvalue weighted by Crippen LogP contribution is 2.26. The van der Waals surface area contributed by atoms with Gasteiger partial charge in [0.25, 0.3) is 0 Å². The zero-order valence-electron chi connectivity index (χ0n) is 10.5. The van der Waals surface area contributed by atoms with Crippen LogP contribution < -0.4 is 10.2 Å². The molecule has 0 spiro atoms. The van der Waals surface area contributed by atoms with Crippen LogP contribution >= 0.6 is 15.9 Å². The topological polar surface area (TPSA) is 15.3 Å². The summed E-state index contributed by atoms with van der Waals surface area (Å²) >= 11 is 3.68. The number of anilines is 1. The molecular weight excluding hydrogens is 276 g/mol. The summed E-state index contributed by atoms with van der Waals surface area (Å²) in [6, 6.07) is 6.74. The molecule has 0 atom stereocenters. The first-order valence-corrected chi connectivity index (χ1v) is 7.34. The van der Waals surface area contributed by atoms with E-state index in [2.05, 4.69) is 51.3 Å². The minimum absolute atomic E-state index is 0.953. The Morgan fingerprint density at radius 1 is 1.29 bits per heavy atom. The van der Waals surface area contributed by atoms with Crippen LogP contribution in [0.5, 0.6) is 0 Å². The van der Waals surface area contributed by atoms with E-state index in [0.717, 1.165) is 13.1 Å². The molecule has 3 heteroatoms. The molecule has 1 heterocycles. The molecule has 0 saturated carbocycles. The molecule has 94 valence electrons. The maximum atomic E-state index is 3.68. The van der Waals surface area contributed by atoms with Crippen molar-refractivity contribution in [2.75, 3.05) is 24.5 Å². The smallest absolute Gasteiger partial charge is 0.0377 e. The fraction of sp³-hybridized carbons (Fsp3) is 0.571. The highest BCUT2D eigenvalue weighted by molar-refractivity contribution is 9.10. The van der Waals surface area contributed by atoms with E-state index in [1.165, 1.54) is 48.1 Å². The quantitative estimate of drug-likeness (QED) is 0.836. The molecule has 0 unspecified atom stereocenters. The number of nitrogens with one attached hydrogen (secondary N) is 1. The van der Waals surface area contributed by atoms with E-state index in [1.807, 2.05) is 0 Å². The first-order valence-electron chi connectivity index (χ1n) is 6.55. The zero-order chi connectivity index (χ0) is 12.1. The van der Waals surface area contributed by atoms with Gasteiger partial charge >= 0.3 is 0 Å². The SMILES string of the molecule is CCCNCc1ccc(N2CCCC2)cc1Br. The minimum Gasteiger partial charge on any atom is -0.372 e. The van der Waals surface area contributed by atoms with E-state index < -0.39 is 0 Å². The van der Waals surface area contributed by atoms with Crippen LogP contribution in [0.15, 0.2) is 22.7 Å². The number of benzene rings is 1. The molecule has 1 aromatic rings. The average Bonchev–Trinajstić information content (AvgIpc) is 2.85. The number of rotatable bonds is 5. The van der Waals surface area contributed by atoms with Gasteiger partial charge in [-0.25, -0.2) is 0 Å². The van der Waals surface area contributed by atoms with Crippen molar-refractivity contribution in [2.45, 2.75) is 32.7 Å². The number of halogens is 1. The summed E-state index contributed by atoms with van der Waals surface area (Å²) in [7, 11) is 0. The standard InChI is InChI=1S/C14H21BrN2/c1-2-7-16-11-12-5-6-13(10-14(12)15)17-8-3-4-9-17/h5-6,10,16H,2-4,7-9,11H2,1H3. The molecule has 1 fully saturated rings. The van der Waals surface area contributed by atoms with Gasteiger partial charge in [0.1, 0.15) is 0 Å². The molecule has 1 saturated heterocycles. The Balaban J connectivity index is 2.00. The van der Waals surface area contributed by atoms with Crippen LogP contribution in [-0.2, 0) is 6.54 Å². The molecule has 1 aliphatic rings. The zero-order valence-corrected chi connectivity index (χ0v) is 12.1. The molecule has 1 aliphatic heterocycles. The predicted octanol–water partition coefficient (Wildman–Crippen LogP) is 3.55. The Morgan fingerprint density at radius 2 is 2.06 bits per heavy atom. The molecule has 0 radical (unpaired) electrons. The van der Waals surface area contributed by atoms with E-state index >= 15 is 0 Å². The van der Waals surface area contributed by atoms with Crippen molar-refractivity contribution in [3.8, 4) is 0 Å². The molecule has 1 aromatic carbocycles. The summed E-state index contributed by atoms with van der Waals surface area (Å²) in [6.45, 7) is 6.65. The molecule has 0 aromatic heterocycles. The molecule has 1 N–H and O–H groups in total. The van der Waals surface area contributed by atoms with Crippen LogP contribution in [-0.4, -0.2) is 19.6 Å². The van der Waals surface area contributed by atoms with Gasteiger partial charge < -0.3 is 10.2 Å². The predicted molar refractivity (Wildman–Crippen MR) is 77.6 cm³/mol. The van der Waals surface area contributed by atoms with Crippen molar-refractivity contribution in [2.24, 2.45) is 0 Å². The lowest BCUT2D eigenvalue weighted by atomic mass is 10.2. The van der Waals surface area contributed by atoms with Crippen LogP contribution in [0.25, 0.3) is 0 Å². The molecule has 17 heavy (non-hydrogen) atoms. The van der Waals surface area contributed by atoms with Crippen molar-refractivity contribution < 1.29 is 0 Å². The summed E-state index contributed by atoms with van der Waals surface area (Å²) in [5.74, 6) is 0. The van der Waals surface area contributed by atoms with Crippen LogP contribution in [0.3, 0.4) is 0 Å². The summed E-state index contributed by atoms with van der Waals surface area (Å²) in [5.41, 5.74) is 2.70. The molecule has 0 amide bonds. The van der Waals surface area contributed by atoms with Crippen LogP contribution in [0.2, 0.25) is 0 Å². The van der Waals surface area contributed by atoms with Gasteiger partial charge in [-0.05, 0) is 43.5 Å². The Kier molecular flexibility index (Phi) is 4.86. The first-order chi connectivity index (χ1) is 8.31. The largest absolute Gasteiger partial charge is 0.372 e. The monoisotopic (exact) mass is 296 g/mol. The third-order valence-corrected chi connectivity index (χ3v) is 3.99. The lowest BCUT2D eigenvalue weighted by Crippen LogP contribution is -2.18. The third kappa shape index (κ3) is 3.46. The molecule has 0 aliphatic carbocycles. The third-order valence-electron chi connectivity index (χ3n) is 3.25. The maximum Gasteiger partial charge on any atom is 0.0377 e. The van der Waals surface area contributed by atoms with Gasteiger partial charge in [0.2, 0.25) is 0 Å². The summed E-state index contributed by atoms with van der Waals surface area (Å²) in [6.07, 6.45) is 3.85. The Morgan fingerprint density at radius 3 is 2.71 bits per heavy atom. The number of nitrogens with zero attached hydrogens (tertiary/aromatic N) is 1. The molecule has 0 bridgehead atoms. The second kappa shape index (κ2) is 6.41. The fourth-order valence-electron chi connectivity index (χ4n) is 2.25. The highest BCUT2D eigenvalue weighted by Gasteiger charge is 2.13. The average molecular weight is 297 g/mol. The van der Waals surface area contributed by atoms with Gasteiger partial charge in [-0.1, -0.05) is 28.9 Å². The van der Waals surface area contributed by atoms with E-state index in [9.17, 15) is 0 Å². The Bertz CT molecular complexity index is 359. The van der Waals surface area contributed by atoms with Crippen molar-refractivity contribution in [1.82, 2.24) is 5.32 Å². The van der Waals surface area contributed by atoms with Crippen molar-refractivity contribution in [1.29, 1.82) is 0 Å². The van der Waals surface area contributed by atoms with E-state index in [1.54, 1.807) is 0 Å². The second-order valence-electron chi connectivity index (χ2n) is 4.65. The van der Waals surface area contributed by atoms with Gasteiger partial charge in [0.05, 0.1) is 0 Å². The molecular formula is C14H21BrN2. The minimum atomic E-state index is 0.953. The van der Waals surface area contributed by atoms with Crippen molar-refractivity contribution >= 4 is 21.6 Å². The second-order valence-corrected chi connectivity index (χ2v) is 5.50. The molecule has 2 nitrogen and oxygen atoms in total. The summed E-state index contributed by atoms with van der Waals surface area (Å²) < 4.78 is 1.23. The van der Waals surface area contributed by atoms with E-state index in [4.69, 9.17) is 0 Å². The lowest BCUT2D eigenvalue weighted by molar-refractivity contribution is 0.674. The van der Waals surface area contributed by atoms with Gasteiger partial charge in [-0.3, -0.25) is 0 Å². The number of hydrogen-bond acceptors (Lipinski definition) is 2. The van der Waals surface area contributed by atoms with Crippen LogP contribution in [0, 0.1) is 0 Å². The highest BCUT2D eigenvalue weighted by atomic mass is 79.9. The normalized spacial score (nSPS) is 15.5. The van der Waals surface area contributed by atoms with Crippen molar-refractivity contribution in [3.05, 3.63) is 28.2 Å². The van der Waals surface area contributed by atoms with Gasteiger partial charge in [-0.15, -0.1) is 0 Å². The Hall–Kier alpha value is -0.540. The lowest BCUT2D eigenvalue weighted by Gasteiger charge is -2.18. The van der Waals surface area contributed by atoms with Crippen LogP contribution in [0.1, 0.15) is 31.7 Å². The van der Waals surface area contributed by atoms with E-state index in [-0.39, 0.29) is 0 Å². The van der Waals surface area contributed by atoms with Gasteiger partial charge in [0.15, 0.2) is 0 Å². The molecule has 2 rings (SSSR count).